The van der Waals surface area contributed by atoms with Gasteiger partial charge >= 0.3 is 5.97 Å². The highest BCUT2D eigenvalue weighted by Gasteiger charge is 2.37. The second kappa shape index (κ2) is 10.6. The molecule has 8 nitrogen and oxygen atoms in total. The molecule has 160 valence electrons. The molecule has 3 atom stereocenters. The quantitative estimate of drug-likeness (QED) is 0.295. The predicted octanol–water partition coefficient (Wildman–Crippen LogP) is 0.636. The molecule has 0 radical (unpaired) electrons. The number of nitrogens with one attached hydrogen (secondary N) is 1. The van der Waals surface area contributed by atoms with Crippen molar-refractivity contribution in [2.24, 2.45) is 16.8 Å². The summed E-state index contributed by atoms with van der Waals surface area (Å²) in [6.45, 7) is 8.94. The molecule has 2 heterocycles. The summed E-state index contributed by atoms with van der Waals surface area (Å²) in [5, 5.41) is 3.34. The number of hydrogen-bond acceptors (Lipinski definition) is 5. The molecule has 2 aliphatic heterocycles. The molecule has 3 unspecified atom stereocenters. The van der Waals surface area contributed by atoms with Crippen molar-refractivity contribution < 1.29 is 14.3 Å². The van der Waals surface area contributed by atoms with Crippen LogP contribution in [0.4, 0.5) is 0 Å². The van der Waals surface area contributed by atoms with Crippen LogP contribution in [0, 0.1) is 11.8 Å². The highest BCUT2D eigenvalue weighted by Crippen LogP contribution is 2.24. The maximum atomic E-state index is 12.3. The summed E-state index contributed by atoms with van der Waals surface area (Å²) < 4.78 is 4.93. The monoisotopic (exact) mass is 395 g/mol. The number of nitrogens with zero attached hydrogens (tertiary/aromatic N) is 4. The minimum atomic E-state index is -0.142. The molecular formula is C20H37N5O3. The van der Waals surface area contributed by atoms with E-state index < -0.39 is 0 Å². The van der Waals surface area contributed by atoms with Crippen molar-refractivity contribution in [3.8, 4) is 0 Å². The maximum Gasteiger partial charge on any atom is 0.310 e. The number of amides is 1. The average molecular weight is 396 g/mol. The Hall–Kier alpha value is -1.83. The van der Waals surface area contributed by atoms with Gasteiger partial charge in [-0.05, 0) is 38.6 Å². The molecule has 0 bridgehead atoms. The van der Waals surface area contributed by atoms with Gasteiger partial charge in [0.05, 0.1) is 19.1 Å². The van der Waals surface area contributed by atoms with E-state index in [-0.39, 0.29) is 29.8 Å². The number of likely N-dealkylation sites (tertiary alicyclic amines) is 2. The van der Waals surface area contributed by atoms with Gasteiger partial charge in [-0.2, -0.15) is 0 Å². The Bertz CT molecular complexity index is 566. The molecule has 0 spiro atoms. The molecule has 0 aromatic rings. The lowest BCUT2D eigenvalue weighted by Gasteiger charge is -2.26. The molecule has 0 aromatic carbocycles. The van der Waals surface area contributed by atoms with Gasteiger partial charge in [-0.25, -0.2) is 0 Å². The van der Waals surface area contributed by atoms with Crippen LogP contribution in [0.5, 0.6) is 0 Å². The van der Waals surface area contributed by atoms with Crippen molar-refractivity contribution >= 4 is 17.8 Å². The lowest BCUT2D eigenvalue weighted by molar-refractivity contribution is -0.146. The largest absolute Gasteiger partial charge is 0.469 e. The molecule has 1 amide bonds. The molecule has 2 saturated heterocycles. The minimum absolute atomic E-state index is 0.0208. The number of methoxy groups -OCH3 is 1. The zero-order valence-corrected chi connectivity index (χ0v) is 18.1. The van der Waals surface area contributed by atoms with Crippen LogP contribution in [0.15, 0.2) is 4.99 Å². The zero-order chi connectivity index (χ0) is 20.7. The first kappa shape index (κ1) is 22.5. The van der Waals surface area contributed by atoms with Crippen LogP contribution < -0.4 is 5.32 Å². The Kier molecular flexibility index (Phi) is 8.54. The van der Waals surface area contributed by atoms with Crippen LogP contribution >= 0.6 is 0 Å². The van der Waals surface area contributed by atoms with Crippen LogP contribution in [-0.4, -0.2) is 99.1 Å². The molecule has 28 heavy (non-hydrogen) atoms. The number of guanidine groups is 1. The van der Waals surface area contributed by atoms with Gasteiger partial charge in [-0.15, -0.1) is 0 Å². The first-order valence-electron chi connectivity index (χ1n) is 10.4. The Morgan fingerprint density at radius 1 is 1.29 bits per heavy atom. The Balaban J connectivity index is 1.88. The second-order valence-corrected chi connectivity index (χ2v) is 8.03. The predicted molar refractivity (Wildman–Crippen MR) is 110 cm³/mol. The number of likely N-dealkylation sites (N-methyl/N-ethyl adjacent to an activating group) is 1. The highest BCUT2D eigenvalue weighted by molar-refractivity contribution is 5.82. The Morgan fingerprint density at radius 3 is 2.68 bits per heavy atom. The number of hydrogen-bond donors (Lipinski definition) is 1. The summed E-state index contributed by atoms with van der Waals surface area (Å²) in [5.74, 6) is 1.07. The molecule has 0 aliphatic carbocycles. The van der Waals surface area contributed by atoms with Crippen molar-refractivity contribution in [1.82, 2.24) is 20.0 Å². The van der Waals surface area contributed by atoms with Gasteiger partial charge in [0.25, 0.3) is 0 Å². The van der Waals surface area contributed by atoms with E-state index in [0.717, 1.165) is 51.4 Å². The lowest BCUT2D eigenvalue weighted by Crippen LogP contribution is -2.43. The van der Waals surface area contributed by atoms with Gasteiger partial charge in [0.15, 0.2) is 5.96 Å². The third-order valence-electron chi connectivity index (χ3n) is 5.71. The molecule has 0 saturated carbocycles. The van der Waals surface area contributed by atoms with E-state index in [9.17, 15) is 9.59 Å². The molecule has 1 N–H and O–H groups in total. The van der Waals surface area contributed by atoms with Gasteiger partial charge in [0, 0.05) is 46.8 Å². The average Bonchev–Trinajstić information content (AvgIpc) is 3.29. The van der Waals surface area contributed by atoms with Crippen molar-refractivity contribution in [1.29, 1.82) is 0 Å². The van der Waals surface area contributed by atoms with E-state index in [4.69, 9.17) is 9.73 Å². The number of carbonyl (C=O) groups is 2. The summed E-state index contributed by atoms with van der Waals surface area (Å²) >= 11 is 0. The fourth-order valence-electron chi connectivity index (χ4n) is 4.15. The summed E-state index contributed by atoms with van der Waals surface area (Å²) in [7, 11) is 5.10. The number of rotatable bonds is 7. The zero-order valence-electron chi connectivity index (χ0n) is 18.1. The summed E-state index contributed by atoms with van der Waals surface area (Å²) in [5.41, 5.74) is 0. The van der Waals surface area contributed by atoms with Crippen molar-refractivity contribution in [3.05, 3.63) is 0 Å². The van der Waals surface area contributed by atoms with Crippen LogP contribution in [0.25, 0.3) is 0 Å². The second-order valence-electron chi connectivity index (χ2n) is 8.03. The molecule has 2 rings (SSSR count). The summed E-state index contributed by atoms with van der Waals surface area (Å²) in [6, 6.07) is 0.0208. The fourth-order valence-corrected chi connectivity index (χ4v) is 4.15. The van der Waals surface area contributed by atoms with Crippen LogP contribution in [0.2, 0.25) is 0 Å². The molecule has 2 aliphatic rings. The van der Waals surface area contributed by atoms with Crippen molar-refractivity contribution in [3.63, 3.8) is 0 Å². The van der Waals surface area contributed by atoms with Gasteiger partial charge in [-0.3, -0.25) is 19.5 Å². The normalized spacial score (nSPS) is 25.8. The number of ether oxygens (including phenoxy) is 1. The maximum absolute atomic E-state index is 12.3. The topological polar surface area (TPSA) is 77.5 Å². The fraction of sp³-hybridized carbons (Fsp3) is 0.850. The SMILES string of the molecule is CCNC(=NCCCN1CCCC1C(=O)N(C)C)N1CC(C)C(C(=O)OC)C1. The van der Waals surface area contributed by atoms with E-state index in [0.29, 0.717) is 13.1 Å². The summed E-state index contributed by atoms with van der Waals surface area (Å²) in [6.07, 6.45) is 2.94. The first-order chi connectivity index (χ1) is 13.4. The van der Waals surface area contributed by atoms with E-state index in [1.54, 1.807) is 4.90 Å². The Labute approximate surface area is 169 Å². The standard InChI is InChI=1S/C20H37N5O3/c1-6-21-20(25-13-15(2)16(14-25)19(27)28-5)22-10-8-12-24-11-7-9-17(24)18(26)23(3)4/h15-17H,6-14H2,1-5H3,(H,21,22). The number of esters is 1. The van der Waals surface area contributed by atoms with Crippen LogP contribution in [0.3, 0.4) is 0 Å². The van der Waals surface area contributed by atoms with Gasteiger partial charge < -0.3 is 19.9 Å². The van der Waals surface area contributed by atoms with E-state index in [1.165, 1.54) is 7.11 Å². The summed E-state index contributed by atoms with van der Waals surface area (Å²) in [4.78, 5) is 35.2. The third-order valence-corrected chi connectivity index (χ3v) is 5.71. The number of carbonyl (C=O) groups excluding carboxylic acids is 2. The van der Waals surface area contributed by atoms with E-state index >= 15 is 0 Å². The number of aliphatic imine (C=N–C) groups is 1. The van der Waals surface area contributed by atoms with E-state index in [1.807, 2.05) is 14.1 Å². The minimum Gasteiger partial charge on any atom is -0.469 e. The first-order valence-corrected chi connectivity index (χ1v) is 10.4. The molecule has 0 aromatic heterocycles. The third kappa shape index (κ3) is 5.59. The van der Waals surface area contributed by atoms with E-state index in [2.05, 4.69) is 29.0 Å². The van der Waals surface area contributed by atoms with Crippen LogP contribution in [0.1, 0.15) is 33.1 Å². The smallest absolute Gasteiger partial charge is 0.310 e. The molecular weight excluding hydrogens is 358 g/mol. The highest BCUT2D eigenvalue weighted by atomic mass is 16.5. The lowest BCUT2D eigenvalue weighted by atomic mass is 9.99. The Morgan fingerprint density at radius 2 is 2.04 bits per heavy atom. The molecule has 2 fully saturated rings. The molecule has 8 heteroatoms. The van der Waals surface area contributed by atoms with Crippen molar-refractivity contribution in [2.75, 3.05) is 60.5 Å². The van der Waals surface area contributed by atoms with Gasteiger partial charge in [-0.1, -0.05) is 6.92 Å². The van der Waals surface area contributed by atoms with Crippen molar-refractivity contribution in [2.45, 2.75) is 39.2 Å². The van der Waals surface area contributed by atoms with Gasteiger partial charge in [0.1, 0.15) is 0 Å². The van der Waals surface area contributed by atoms with Crippen LogP contribution in [-0.2, 0) is 14.3 Å². The van der Waals surface area contributed by atoms with Gasteiger partial charge in [0.2, 0.25) is 5.91 Å².